The molecule has 1 saturated heterocycles. The molecule has 0 amide bonds. The molecule has 1 atom stereocenters. The minimum atomic E-state index is 0.223. The van der Waals surface area contributed by atoms with Crippen LogP contribution in [-0.2, 0) is 11.3 Å². The van der Waals surface area contributed by atoms with Crippen LogP contribution in [-0.4, -0.2) is 44.1 Å². The van der Waals surface area contributed by atoms with Crippen LogP contribution in [0.4, 0.5) is 5.69 Å². The largest absolute Gasteiger partial charge is 0.494 e. The van der Waals surface area contributed by atoms with Crippen molar-refractivity contribution in [2.24, 2.45) is 0 Å². The van der Waals surface area contributed by atoms with Crippen LogP contribution in [0.15, 0.2) is 47.4 Å². The van der Waals surface area contributed by atoms with Crippen LogP contribution in [0.3, 0.4) is 0 Å². The Morgan fingerprint density at radius 3 is 2.74 bits per heavy atom. The van der Waals surface area contributed by atoms with Gasteiger partial charge in [0, 0.05) is 41.8 Å². The average molecular weight is 387 g/mol. The van der Waals surface area contributed by atoms with Gasteiger partial charge in [-0.05, 0) is 56.0 Å². The van der Waals surface area contributed by atoms with Gasteiger partial charge in [-0.2, -0.15) is 0 Å². The Morgan fingerprint density at radius 1 is 1.19 bits per heavy atom. The second-order valence-electron chi connectivity index (χ2n) is 6.79. The third-order valence-electron chi connectivity index (χ3n) is 4.83. The van der Waals surface area contributed by atoms with Crippen LogP contribution in [0, 0.1) is 0 Å². The molecule has 2 aromatic carbocycles. The number of benzene rings is 2. The number of hydrogen-bond acceptors (Lipinski definition) is 5. The molecule has 0 aliphatic carbocycles. The predicted octanol–water partition coefficient (Wildman–Crippen LogP) is 4.81. The summed E-state index contributed by atoms with van der Waals surface area (Å²) in [6, 6.07) is 15.4. The van der Waals surface area contributed by atoms with Crippen molar-refractivity contribution >= 4 is 17.4 Å². The molecular weight excluding hydrogens is 356 g/mol. The van der Waals surface area contributed by atoms with E-state index in [2.05, 4.69) is 65.9 Å². The third-order valence-corrected chi connectivity index (χ3v) is 5.56. The monoisotopic (exact) mass is 386 g/mol. The van der Waals surface area contributed by atoms with E-state index in [1.165, 1.54) is 16.0 Å². The van der Waals surface area contributed by atoms with E-state index in [1.54, 1.807) is 11.8 Å². The minimum Gasteiger partial charge on any atom is -0.494 e. The molecule has 1 N–H and O–H groups in total. The third kappa shape index (κ3) is 5.64. The van der Waals surface area contributed by atoms with E-state index < -0.39 is 0 Å². The van der Waals surface area contributed by atoms with E-state index in [0.717, 1.165) is 44.3 Å². The summed E-state index contributed by atoms with van der Waals surface area (Å²) >= 11 is 1.76. The molecular formula is C22H30N2O2S. The minimum absolute atomic E-state index is 0.223. The number of hydrogen-bond donors (Lipinski definition) is 1. The zero-order valence-corrected chi connectivity index (χ0v) is 17.3. The highest BCUT2D eigenvalue weighted by Gasteiger charge is 2.15. The average Bonchev–Trinajstić information content (AvgIpc) is 2.70. The standard InChI is InChI=1S/C22H30N2O2S/c1-4-26-22-9-8-18(14-19(22)16-24-10-12-25-13-11-24)17(2)23-20-6-5-7-21(15-20)27-3/h5-9,14-15,17,23H,4,10-13,16H2,1-3H3. The number of morpholine rings is 1. The molecule has 0 saturated carbocycles. The zero-order chi connectivity index (χ0) is 19.1. The smallest absolute Gasteiger partial charge is 0.123 e. The fourth-order valence-electron chi connectivity index (χ4n) is 3.33. The first-order valence-electron chi connectivity index (χ1n) is 9.66. The van der Waals surface area contributed by atoms with E-state index >= 15 is 0 Å². The Morgan fingerprint density at radius 2 is 2.00 bits per heavy atom. The highest BCUT2D eigenvalue weighted by atomic mass is 32.2. The molecule has 1 aliphatic rings. The van der Waals surface area contributed by atoms with Gasteiger partial charge < -0.3 is 14.8 Å². The molecule has 0 spiro atoms. The maximum atomic E-state index is 5.88. The Hall–Kier alpha value is -1.69. The Bertz CT molecular complexity index is 732. The van der Waals surface area contributed by atoms with E-state index in [4.69, 9.17) is 9.47 Å². The van der Waals surface area contributed by atoms with Crippen molar-refractivity contribution in [2.75, 3.05) is 44.5 Å². The number of anilines is 1. The van der Waals surface area contributed by atoms with Crippen molar-refractivity contribution in [1.82, 2.24) is 4.90 Å². The number of ether oxygens (including phenoxy) is 2. The summed E-state index contributed by atoms with van der Waals surface area (Å²) < 4.78 is 11.4. The first-order valence-corrected chi connectivity index (χ1v) is 10.9. The van der Waals surface area contributed by atoms with Crippen molar-refractivity contribution in [3.8, 4) is 5.75 Å². The van der Waals surface area contributed by atoms with Crippen molar-refractivity contribution < 1.29 is 9.47 Å². The van der Waals surface area contributed by atoms with Crippen LogP contribution < -0.4 is 10.1 Å². The van der Waals surface area contributed by atoms with Crippen molar-refractivity contribution in [2.45, 2.75) is 31.3 Å². The number of nitrogens with zero attached hydrogens (tertiary/aromatic N) is 1. The number of nitrogens with one attached hydrogen (secondary N) is 1. The second-order valence-corrected chi connectivity index (χ2v) is 7.67. The van der Waals surface area contributed by atoms with Crippen LogP contribution in [0.5, 0.6) is 5.75 Å². The number of rotatable bonds is 8. The molecule has 27 heavy (non-hydrogen) atoms. The molecule has 0 radical (unpaired) electrons. The number of thioether (sulfide) groups is 1. The topological polar surface area (TPSA) is 33.7 Å². The molecule has 5 heteroatoms. The van der Waals surface area contributed by atoms with Crippen molar-refractivity contribution in [1.29, 1.82) is 0 Å². The summed E-state index contributed by atoms with van der Waals surface area (Å²) in [5.41, 5.74) is 3.68. The maximum absolute atomic E-state index is 5.88. The lowest BCUT2D eigenvalue weighted by molar-refractivity contribution is 0.0338. The Balaban J connectivity index is 1.76. The van der Waals surface area contributed by atoms with Gasteiger partial charge >= 0.3 is 0 Å². The Kier molecular flexibility index (Phi) is 7.44. The fourth-order valence-corrected chi connectivity index (χ4v) is 3.79. The molecule has 146 valence electrons. The van der Waals surface area contributed by atoms with Crippen molar-refractivity contribution in [3.63, 3.8) is 0 Å². The van der Waals surface area contributed by atoms with Gasteiger partial charge in [-0.1, -0.05) is 12.1 Å². The molecule has 0 bridgehead atoms. The maximum Gasteiger partial charge on any atom is 0.123 e. The predicted molar refractivity (Wildman–Crippen MR) is 114 cm³/mol. The fraction of sp³-hybridized carbons (Fsp3) is 0.455. The van der Waals surface area contributed by atoms with Crippen LogP contribution in [0.25, 0.3) is 0 Å². The van der Waals surface area contributed by atoms with E-state index in [9.17, 15) is 0 Å². The van der Waals surface area contributed by atoms with Gasteiger partial charge in [0.1, 0.15) is 5.75 Å². The van der Waals surface area contributed by atoms with E-state index in [0.29, 0.717) is 6.61 Å². The van der Waals surface area contributed by atoms with Crippen molar-refractivity contribution in [3.05, 3.63) is 53.6 Å². The molecule has 1 heterocycles. The molecule has 0 aromatic heterocycles. The lowest BCUT2D eigenvalue weighted by Crippen LogP contribution is -2.35. The van der Waals surface area contributed by atoms with Gasteiger partial charge in [-0.3, -0.25) is 4.90 Å². The lowest BCUT2D eigenvalue weighted by Gasteiger charge is -2.28. The van der Waals surface area contributed by atoms with Gasteiger partial charge in [0.25, 0.3) is 0 Å². The quantitative estimate of drug-likeness (QED) is 0.658. The van der Waals surface area contributed by atoms with E-state index in [-0.39, 0.29) is 6.04 Å². The normalized spacial score (nSPS) is 16.1. The van der Waals surface area contributed by atoms with Gasteiger partial charge in [-0.15, -0.1) is 11.8 Å². The zero-order valence-electron chi connectivity index (χ0n) is 16.5. The first-order chi connectivity index (χ1) is 13.2. The SMILES string of the molecule is CCOc1ccc(C(C)Nc2cccc(SC)c2)cc1CN1CCOCC1. The van der Waals surface area contributed by atoms with Gasteiger partial charge in [0.2, 0.25) is 0 Å². The lowest BCUT2D eigenvalue weighted by atomic mass is 10.0. The molecule has 3 rings (SSSR count). The summed E-state index contributed by atoms with van der Waals surface area (Å²) in [4.78, 5) is 3.71. The Labute approximate surface area is 167 Å². The molecule has 1 aliphatic heterocycles. The summed E-state index contributed by atoms with van der Waals surface area (Å²) in [7, 11) is 0. The molecule has 1 fully saturated rings. The summed E-state index contributed by atoms with van der Waals surface area (Å²) in [5, 5.41) is 3.63. The van der Waals surface area contributed by atoms with Gasteiger partial charge in [0.05, 0.1) is 19.8 Å². The second kappa shape index (κ2) is 10.0. The van der Waals surface area contributed by atoms with E-state index in [1.807, 2.05) is 6.92 Å². The summed E-state index contributed by atoms with van der Waals surface area (Å²) in [5.74, 6) is 0.990. The first kappa shape index (κ1) is 20.1. The summed E-state index contributed by atoms with van der Waals surface area (Å²) in [6.07, 6.45) is 2.10. The van der Waals surface area contributed by atoms with Crippen LogP contribution in [0.1, 0.15) is 31.0 Å². The van der Waals surface area contributed by atoms with Crippen LogP contribution in [0.2, 0.25) is 0 Å². The highest BCUT2D eigenvalue weighted by Crippen LogP contribution is 2.28. The van der Waals surface area contributed by atoms with Gasteiger partial charge in [0.15, 0.2) is 0 Å². The highest BCUT2D eigenvalue weighted by molar-refractivity contribution is 7.98. The van der Waals surface area contributed by atoms with Gasteiger partial charge in [-0.25, -0.2) is 0 Å². The van der Waals surface area contributed by atoms with Crippen LogP contribution >= 0.6 is 11.8 Å². The summed E-state index contributed by atoms with van der Waals surface area (Å²) in [6.45, 7) is 9.41. The molecule has 4 nitrogen and oxygen atoms in total. The molecule has 2 aromatic rings. The molecule has 1 unspecified atom stereocenters.